The molecule has 0 aromatic heterocycles. The number of benzene rings is 2. The monoisotopic (exact) mass is 409 g/mol. The Bertz CT molecular complexity index is 829. The van der Waals surface area contributed by atoms with Crippen LogP contribution in [0, 0.1) is 11.3 Å². The first kappa shape index (κ1) is 23.2. The number of hydrogen-bond acceptors (Lipinski definition) is 5. The number of nitrogens with zero attached hydrogens (tertiary/aromatic N) is 2. The van der Waals surface area contributed by atoms with Gasteiger partial charge >= 0.3 is 0 Å². The molecule has 2 rings (SSSR count). The highest BCUT2D eigenvalue weighted by Crippen LogP contribution is 2.28. The van der Waals surface area contributed by atoms with E-state index in [2.05, 4.69) is 42.3 Å². The lowest BCUT2D eigenvalue weighted by molar-refractivity contribution is -0.123. The molecule has 0 saturated heterocycles. The maximum absolute atomic E-state index is 12.4. The Morgan fingerprint density at radius 2 is 1.80 bits per heavy atom. The van der Waals surface area contributed by atoms with Crippen LogP contribution < -0.4 is 14.8 Å². The Morgan fingerprint density at radius 1 is 1.07 bits per heavy atom. The summed E-state index contributed by atoms with van der Waals surface area (Å²) in [5, 5.41) is 12.0. The van der Waals surface area contributed by atoms with Crippen molar-refractivity contribution in [3.05, 3.63) is 59.7 Å². The Morgan fingerprint density at radius 3 is 2.43 bits per heavy atom. The molecule has 1 atom stereocenters. The van der Waals surface area contributed by atoms with Gasteiger partial charge in [-0.25, -0.2) is 0 Å². The molecule has 0 aliphatic heterocycles. The van der Waals surface area contributed by atoms with Gasteiger partial charge in [0.05, 0.1) is 18.2 Å². The van der Waals surface area contributed by atoms with Gasteiger partial charge in [0.1, 0.15) is 0 Å². The van der Waals surface area contributed by atoms with E-state index < -0.39 is 0 Å². The Balaban J connectivity index is 1.94. The highest BCUT2D eigenvalue weighted by atomic mass is 16.5. The minimum Gasteiger partial charge on any atom is -0.490 e. The van der Waals surface area contributed by atoms with Gasteiger partial charge in [-0.2, -0.15) is 5.26 Å². The molecule has 0 saturated carbocycles. The Kier molecular flexibility index (Phi) is 9.69. The fraction of sp³-hybridized carbons (Fsp3) is 0.417. The van der Waals surface area contributed by atoms with Gasteiger partial charge < -0.3 is 14.8 Å². The van der Waals surface area contributed by atoms with Crippen LogP contribution in [0.5, 0.6) is 11.5 Å². The number of carbonyl (C=O) groups excluding carboxylic acids is 1. The van der Waals surface area contributed by atoms with Gasteiger partial charge in [0.2, 0.25) is 0 Å². The zero-order valence-corrected chi connectivity index (χ0v) is 18.1. The van der Waals surface area contributed by atoms with Gasteiger partial charge in [0, 0.05) is 18.7 Å². The minimum absolute atomic E-state index is 0.109. The topological polar surface area (TPSA) is 74.6 Å². The van der Waals surface area contributed by atoms with Crippen LogP contribution >= 0.6 is 0 Å². The molecule has 0 aliphatic rings. The van der Waals surface area contributed by atoms with Crippen LogP contribution in [-0.2, 0) is 11.2 Å². The molecule has 160 valence electrons. The normalized spacial score (nSPS) is 11.6. The van der Waals surface area contributed by atoms with E-state index in [1.807, 2.05) is 25.1 Å². The fourth-order valence-electron chi connectivity index (χ4n) is 3.35. The van der Waals surface area contributed by atoms with Crippen molar-refractivity contribution in [2.45, 2.75) is 33.2 Å². The van der Waals surface area contributed by atoms with Crippen molar-refractivity contribution in [3.63, 3.8) is 0 Å². The predicted octanol–water partition coefficient (Wildman–Crippen LogP) is 3.41. The lowest BCUT2D eigenvalue weighted by Gasteiger charge is -2.30. The van der Waals surface area contributed by atoms with Crippen molar-refractivity contribution in [2.75, 3.05) is 32.8 Å². The van der Waals surface area contributed by atoms with Gasteiger partial charge in [-0.15, -0.1) is 0 Å². The molecule has 6 nitrogen and oxygen atoms in total. The number of rotatable bonds is 12. The molecule has 1 amide bonds. The number of amides is 1. The van der Waals surface area contributed by atoms with Gasteiger partial charge in [-0.1, -0.05) is 44.2 Å². The smallest absolute Gasteiger partial charge is 0.257 e. The van der Waals surface area contributed by atoms with Crippen LogP contribution in [0.15, 0.2) is 48.5 Å². The molecule has 0 spiro atoms. The SMILES string of the molecule is CCOc1cc(C#N)ccc1OCC(=O)NCC(Cc1ccccc1)N(CC)CC. The quantitative estimate of drug-likeness (QED) is 0.582. The second kappa shape index (κ2) is 12.5. The molecule has 0 radical (unpaired) electrons. The van der Waals surface area contributed by atoms with E-state index in [1.165, 1.54) is 5.56 Å². The third-order valence-electron chi connectivity index (χ3n) is 4.91. The number of nitriles is 1. The molecule has 1 N–H and O–H groups in total. The maximum atomic E-state index is 12.4. The maximum Gasteiger partial charge on any atom is 0.257 e. The molecule has 0 bridgehead atoms. The second-order valence-electron chi connectivity index (χ2n) is 6.86. The molecule has 0 heterocycles. The van der Waals surface area contributed by atoms with Gasteiger partial charge in [-0.05, 0) is 44.1 Å². The standard InChI is InChI=1S/C24H31N3O3/c1-4-27(5-2)21(14-19-10-8-7-9-11-19)17-26-24(28)18-30-22-13-12-20(16-25)15-23(22)29-6-3/h7-13,15,21H,4-6,14,17-18H2,1-3H3,(H,26,28). The van der Waals surface area contributed by atoms with Crippen LogP contribution in [0.25, 0.3) is 0 Å². The summed E-state index contributed by atoms with van der Waals surface area (Å²) < 4.78 is 11.2. The van der Waals surface area contributed by atoms with Crippen molar-refractivity contribution in [2.24, 2.45) is 0 Å². The van der Waals surface area contributed by atoms with Crippen molar-refractivity contribution < 1.29 is 14.3 Å². The lowest BCUT2D eigenvalue weighted by atomic mass is 10.0. The summed E-state index contributed by atoms with van der Waals surface area (Å²) in [6, 6.07) is 17.5. The van der Waals surface area contributed by atoms with Crippen molar-refractivity contribution in [1.29, 1.82) is 5.26 Å². The number of nitrogens with one attached hydrogen (secondary N) is 1. The van der Waals surface area contributed by atoms with Crippen LogP contribution in [0.1, 0.15) is 31.9 Å². The van der Waals surface area contributed by atoms with Gasteiger partial charge in [0.25, 0.3) is 5.91 Å². The average molecular weight is 410 g/mol. The van der Waals surface area contributed by atoms with Gasteiger partial charge in [-0.3, -0.25) is 9.69 Å². The van der Waals surface area contributed by atoms with E-state index in [1.54, 1.807) is 18.2 Å². The number of likely N-dealkylation sites (N-methyl/N-ethyl adjacent to an activating group) is 1. The van der Waals surface area contributed by atoms with Gasteiger partial charge in [0.15, 0.2) is 18.1 Å². The van der Waals surface area contributed by atoms with E-state index in [9.17, 15) is 4.79 Å². The molecule has 2 aromatic rings. The van der Waals surface area contributed by atoms with Crippen LogP contribution in [0.2, 0.25) is 0 Å². The summed E-state index contributed by atoms with van der Waals surface area (Å²) in [4.78, 5) is 14.8. The molecular weight excluding hydrogens is 378 g/mol. The number of carbonyl (C=O) groups is 1. The van der Waals surface area contributed by atoms with Crippen molar-refractivity contribution in [3.8, 4) is 17.6 Å². The number of ether oxygens (including phenoxy) is 2. The van der Waals surface area contributed by atoms with E-state index in [0.717, 1.165) is 19.5 Å². The third-order valence-corrected chi connectivity index (χ3v) is 4.91. The van der Waals surface area contributed by atoms with Crippen molar-refractivity contribution >= 4 is 5.91 Å². The van der Waals surface area contributed by atoms with Crippen LogP contribution in [0.4, 0.5) is 0 Å². The molecule has 1 unspecified atom stereocenters. The largest absolute Gasteiger partial charge is 0.490 e. The third kappa shape index (κ3) is 7.09. The van der Waals surface area contributed by atoms with E-state index >= 15 is 0 Å². The molecule has 0 aliphatic carbocycles. The Labute approximate surface area is 179 Å². The molecule has 6 heteroatoms. The lowest BCUT2D eigenvalue weighted by Crippen LogP contribution is -2.46. The van der Waals surface area contributed by atoms with Crippen LogP contribution in [-0.4, -0.2) is 49.7 Å². The first-order chi connectivity index (χ1) is 14.6. The second-order valence-corrected chi connectivity index (χ2v) is 6.86. The summed E-state index contributed by atoms with van der Waals surface area (Å²) in [5.41, 5.74) is 1.73. The summed E-state index contributed by atoms with van der Waals surface area (Å²) in [6.45, 7) is 8.84. The van der Waals surface area contributed by atoms with Crippen molar-refractivity contribution in [1.82, 2.24) is 10.2 Å². The minimum atomic E-state index is -0.188. The van der Waals surface area contributed by atoms with E-state index in [0.29, 0.717) is 30.2 Å². The van der Waals surface area contributed by atoms with Crippen LogP contribution in [0.3, 0.4) is 0 Å². The zero-order valence-electron chi connectivity index (χ0n) is 18.1. The Hall–Kier alpha value is -3.04. The first-order valence-electron chi connectivity index (χ1n) is 10.5. The first-order valence-corrected chi connectivity index (χ1v) is 10.5. The zero-order chi connectivity index (χ0) is 21.8. The number of hydrogen-bond donors (Lipinski definition) is 1. The molecule has 2 aromatic carbocycles. The summed E-state index contributed by atoms with van der Waals surface area (Å²) in [7, 11) is 0. The highest BCUT2D eigenvalue weighted by molar-refractivity contribution is 5.77. The van der Waals surface area contributed by atoms with E-state index in [-0.39, 0.29) is 18.6 Å². The molecule has 30 heavy (non-hydrogen) atoms. The summed E-state index contributed by atoms with van der Waals surface area (Å²) in [6.07, 6.45) is 0.869. The highest BCUT2D eigenvalue weighted by Gasteiger charge is 2.18. The average Bonchev–Trinajstić information content (AvgIpc) is 2.78. The summed E-state index contributed by atoms with van der Waals surface area (Å²) >= 11 is 0. The fourth-order valence-corrected chi connectivity index (χ4v) is 3.35. The summed E-state index contributed by atoms with van der Waals surface area (Å²) in [5.74, 6) is 0.733. The van der Waals surface area contributed by atoms with E-state index in [4.69, 9.17) is 14.7 Å². The molecular formula is C24H31N3O3. The molecule has 0 fully saturated rings. The predicted molar refractivity (Wildman–Crippen MR) is 118 cm³/mol.